The number of anilines is 1. The van der Waals surface area contributed by atoms with E-state index >= 15 is 0 Å². The van der Waals surface area contributed by atoms with Gasteiger partial charge in [-0.05, 0) is 30.7 Å². The van der Waals surface area contributed by atoms with Crippen LogP contribution in [0.25, 0.3) is 5.65 Å². The number of carbonyl (C=O) groups excluding carboxylic acids is 1. The summed E-state index contributed by atoms with van der Waals surface area (Å²) >= 11 is 0. The predicted molar refractivity (Wildman–Crippen MR) is 88.5 cm³/mol. The molecule has 2 aromatic heterocycles. The molecule has 0 radical (unpaired) electrons. The molecule has 4 nitrogen and oxygen atoms in total. The molecular formula is C18H14F5N3O. The Morgan fingerprint density at radius 1 is 1.15 bits per heavy atom. The zero-order valence-electron chi connectivity index (χ0n) is 14.1. The van der Waals surface area contributed by atoms with Gasteiger partial charge in [0.1, 0.15) is 28.7 Å². The van der Waals surface area contributed by atoms with Crippen molar-refractivity contribution in [3.8, 4) is 0 Å². The van der Waals surface area contributed by atoms with E-state index in [0.29, 0.717) is 12.8 Å². The van der Waals surface area contributed by atoms with Crippen molar-refractivity contribution in [2.45, 2.75) is 25.9 Å². The molecule has 1 N–H and O–H groups in total. The maximum absolute atomic E-state index is 13.8. The van der Waals surface area contributed by atoms with Crippen LogP contribution < -0.4 is 5.32 Å². The Labute approximate surface area is 150 Å². The van der Waals surface area contributed by atoms with Crippen LogP contribution in [0.2, 0.25) is 0 Å². The topological polar surface area (TPSA) is 46.4 Å². The van der Waals surface area contributed by atoms with Crippen LogP contribution >= 0.6 is 0 Å². The van der Waals surface area contributed by atoms with Crippen LogP contribution in [-0.4, -0.2) is 15.3 Å². The number of para-hydroxylation sites is 1. The Balaban J connectivity index is 2.12. The van der Waals surface area contributed by atoms with Crippen LogP contribution in [0.3, 0.4) is 0 Å². The second kappa shape index (κ2) is 6.98. The molecule has 0 aliphatic rings. The third-order valence-corrected chi connectivity index (χ3v) is 3.92. The molecule has 0 aliphatic heterocycles. The van der Waals surface area contributed by atoms with E-state index in [1.807, 2.05) is 6.92 Å². The second-order valence-electron chi connectivity index (χ2n) is 5.85. The average Bonchev–Trinajstić information content (AvgIpc) is 2.95. The summed E-state index contributed by atoms with van der Waals surface area (Å²) < 4.78 is 67.7. The maximum Gasteiger partial charge on any atom is 0.417 e. The predicted octanol–water partition coefficient (Wildman–Crippen LogP) is 4.84. The van der Waals surface area contributed by atoms with Gasteiger partial charge in [0.25, 0.3) is 5.91 Å². The summed E-state index contributed by atoms with van der Waals surface area (Å²) in [6.45, 7) is 1.81. The maximum atomic E-state index is 13.8. The number of carbonyl (C=O) groups is 1. The van der Waals surface area contributed by atoms with Gasteiger partial charge in [-0.2, -0.15) is 13.2 Å². The average molecular weight is 383 g/mol. The molecule has 27 heavy (non-hydrogen) atoms. The zero-order chi connectivity index (χ0) is 19.8. The number of fused-ring (bicyclic) bond motifs is 1. The van der Waals surface area contributed by atoms with Gasteiger partial charge in [0.15, 0.2) is 0 Å². The number of aryl methyl sites for hydroxylation is 1. The lowest BCUT2D eigenvalue weighted by Crippen LogP contribution is -2.18. The second-order valence-corrected chi connectivity index (χ2v) is 5.85. The van der Waals surface area contributed by atoms with E-state index in [4.69, 9.17) is 0 Å². The first-order chi connectivity index (χ1) is 12.7. The third kappa shape index (κ3) is 3.62. The van der Waals surface area contributed by atoms with Gasteiger partial charge in [0.05, 0.1) is 11.3 Å². The van der Waals surface area contributed by atoms with Crippen LogP contribution in [0, 0.1) is 11.6 Å². The molecule has 0 atom stereocenters. The number of nitrogens with zero attached hydrogens (tertiary/aromatic N) is 2. The van der Waals surface area contributed by atoms with Crippen molar-refractivity contribution in [2.24, 2.45) is 0 Å². The number of aromatic nitrogens is 2. The molecule has 0 unspecified atom stereocenters. The lowest BCUT2D eigenvalue weighted by Gasteiger charge is -2.10. The van der Waals surface area contributed by atoms with E-state index in [9.17, 15) is 26.7 Å². The molecule has 0 aliphatic carbocycles. The first-order valence-corrected chi connectivity index (χ1v) is 8.06. The fourth-order valence-corrected chi connectivity index (χ4v) is 2.70. The highest BCUT2D eigenvalue weighted by molar-refractivity contribution is 6.04. The van der Waals surface area contributed by atoms with Gasteiger partial charge in [0.2, 0.25) is 0 Å². The summed E-state index contributed by atoms with van der Waals surface area (Å²) in [6, 6.07) is 5.05. The van der Waals surface area contributed by atoms with Crippen molar-refractivity contribution >= 4 is 17.2 Å². The summed E-state index contributed by atoms with van der Waals surface area (Å²) in [5.74, 6) is -2.94. The molecule has 3 rings (SSSR count). The van der Waals surface area contributed by atoms with E-state index in [0.717, 1.165) is 40.9 Å². The summed E-state index contributed by atoms with van der Waals surface area (Å²) in [7, 11) is 0. The van der Waals surface area contributed by atoms with Gasteiger partial charge in [-0.3, -0.25) is 9.20 Å². The number of nitrogens with one attached hydrogen (secondary N) is 1. The molecule has 0 saturated carbocycles. The Morgan fingerprint density at radius 2 is 1.81 bits per heavy atom. The molecular weight excluding hydrogens is 369 g/mol. The van der Waals surface area contributed by atoms with E-state index in [1.54, 1.807) is 0 Å². The van der Waals surface area contributed by atoms with Crippen LogP contribution in [-0.2, 0) is 12.6 Å². The minimum Gasteiger partial charge on any atom is -0.316 e. The van der Waals surface area contributed by atoms with Crippen molar-refractivity contribution < 1.29 is 26.7 Å². The van der Waals surface area contributed by atoms with E-state index in [2.05, 4.69) is 10.3 Å². The van der Waals surface area contributed by atoms with Crippen LogP contribution in [0.5, 0.6) is 0 Å². The molecule has 0 bridgehead atoms. The van der Waals surface area contributed by atoms with E-state index in [1.165, 1.54) is 0 Å². The lowest BCUT2D eigenvalue weighted by atomic mass is 10.2. The number of amides is 1. The molecule has 9 heteroatoms. The quantitative estimate of drug-likeness (QED) is 0.656. The number of imidazole rings is 1. The summed E-state index contributed by atoms with van der Waals surface area (Å²) in [6.07, 6.45) is -2.99. The standard InChI is InChI=1S/C18H14F5N3O/c1-2-4-13-16(17(27)25-15-11(19)5-3-6-12(15)20)26-9-10(18(21,22)23)7-8-14(26)24-13/h3,5-9H,2,4H2,1H3,(H,25,27). The van der Waals surface area contributed by atoms with Crippen LogP contribution in [0.1, 0.15) is 35.1 Å². The number of hydrogen-bond donors (Lipinski definition) is 1. The molecule has 0 fully saturated rings. The number of alkyl halides is 3. The summed E-state index contributed by atoms with van der Waals surface area (Å²) in [5, 5.41) is 2.10. The summed E-state index contributed by atoms with van der Waals surface area (Å²) in [4.78, 5) is 16.8. The highest BCUT2D eigenvalue weighted by Gasteiger charge is 2.32. The van der Waals surface area contributed by atoms with Crippen molar-refractivity contribution in [2.75, 3.05) is 5.32 Å². The number of rotatable bonds is 4. The van der Waals surface area contributed by atoms with Crippen molar-refractivity contribution in [1.29, 1.82) is 0 Å². The number of halogens is 5. The lowest BCUT2D eigenvalue weighted by molar-refractivity contribution is -0.137. The molecule has 2 heterocycles. The van der Waals surface area contributed by atoms with Crippen LogP contribution in [0.15, 0.2) is 36.5 Å². The Morgan fingerprint density at radius 3 is 2.41 bits per heavy atom. The smallest absolute Gasteiger partial charge is 0.316 e. The first kappa shape index (κ1) is 18.8. The Kier molecular flexibility index (Phi) is 4.86. The fourth-order valence-electron chi connectivity index (χ4n) is 2.70. The fraction of sp³-hybridized carbons (Fsp3) is 0.222. The first-order valence-electron chi connectivity index (χ1n) is 8.06. The van der Waals surface area contributed by atoms with Gasteiger partial charge < -0.3 is 5.32 Å². The molecule has 1 amide bonds. The molecule has 1 aromatic carbocycles. The van der Waals surface area contributed by atoms with Crippen LogP contribution in [0.4, 0.5) is 27.6 Å². The van der Waals surface area contributed by atoms with Gasteiger partial charge in [-0.15, -0.1) is 0 Å². The molecule has 0 saturated heterocycles. The van der Waals surface area contributed by atoms with Crippen molar-refractivity contribution in [3.63, 3.8) is 0 Å². The van der Waals surface area contributed by atoms with Gasteiger partial charge in [0, 0.05) is 6.20 Å². The molecule has 0 spiro atoms. The number of pyridine rings is 1. The monoisotopic (exact) mass is 383 g/mol. The van der Waals surface area contributed by atoms with E-state index in [-0.39, 0.29) is 17.0 Å². The number of benzene rings is 1. The van der Waals surface area contributed by atoms with E-state index < -0.39 is 35.0 Å². The normalized spacial score (nSPS) is 11.8. The highest BCUT2D eigenvalue weighted by Crippen LogP contribution is 2.30. The molecule has 3 aromatic rings. The minimum absolute atomic E-state index is 0.130. The van der Waals surface area contributed by atoms with Gasteiger partial charge in [-0.1, -0.05) is 19.4 Å². The SMILES string of the molecule is CCCc1nc2ccc(C(F)(F)F)cn2c1C(=O)Nc1c(F)cccc1F. The minimum atomic E-state index is -4.62. The largest absolute Gasteiger partial charge is 0.417 e. The third-order valence-electron chi connectivity index (χ3n) is 3.92. The van der Waals surface area contributed by atoms with Gasteiger partial charge >= 0.3 is 6.18 Å². The Hall–Kier alpha value is -2.97. The summed E-state index contributed by atoms with van der Waals surface area (Å²) in [5.41, 5.74) is -1.47. The highest BCUT2D eigenvalue weighted by atomic mass is 19.4. The van der Waals surface area contributed by atoms with Crippen molar-refractivity contribution in [1.82, 2.24) is 9.38 Å². The molecule has 142 valence electrons. The van der Waals surface area contributed by atoms with Crippen molar-refractivity contribution in [3.05, 3.63) is 65.1 Å². The zero-order valence-corrected chi connectivity index (χ0v) is 14.1. The van der Waals surface area contributed by atoms with Gasteiger partial charge in [-0.25, -0.2) is 13.8 Å². The Bertz CT molecular complexity index is 990. The number of hydrogen-bond acceptors (Lipinski definition) is 2.